The molecule has 0 saturated heterocycles. The Balaban J connectivity index is 4.86. The number of carbonyl (C=O) groups excluding carboxylic acids is 3. The standard InChI is InChI=1S/C14H24N4O3/c1-8(2)5-12(17-10(4)19)14(21)18-11(13(16)20)6-9(3)7-15/h8-9,11-12H,5-6H2,1-4H3,(H2,16,20)(H,17,19)(H,18,21)/t9-,11+,12-/m0/s1. The predicted molar refractivity (Wildman–Crippen MR) is 77.6 cm³/mol. The topological polar surface area (TPSA) is 125 Å². The van der Waals surface area contributed by atoms with Crippen LogP contribution in [0.25, 0.3) is 0 Å². The lowest BCUT2D eigenvalue weighted by atomic mass is 10.00. The minimum Gasteiger partial charge on any atom is -0.368 e. The SMILES string of the molecule is CC(=O)N[C@@H](CC(C)C)C(=O)N[C@H](C[C@H](C)C#N)C(N)=O. The predicted octanol–water partition coefficient (Wildman–Crippen LogP) is 0.0571. The van der Waals surface area contributed by atoms with Crippen molar-refractivity contribution in [2.45, 2.75) is 52.6 Å². The van der Waals surface area contributed by atoms with Crippen molar-refractivity contribution in [3.63, 3.8) is 0 Å². The molecule has 0 heterocycles. The number of nitriles is 1. The van der Waals surface area contributed by atoms with E-state index in [4.69, 9.17) is 11.0 Å². The Labute approximate surface area is 125 Å². The molecular weight excluding hydrogens is 272 g/mol. The third-order valence-electron chi connectivity index (χ3n) is 2.87. The third kappa shape index (κ3) is 7.92. The molecule has 0 saturated carbocycles. The van der Waals surface area contributed by atoms with Gasteiger partial charge in [0.05, 0.1) is 6.07 Å². The first kappa shape index (κ1) is 18.9. The number of hydrogen-bond donors (Lipinski definition) is 3. The van der Waals surface area contributed by atoms with Crippen LogP contribution in [-0.2, 0) is 14.4 Å². The highest BCUT2D eigenvalue weighted by molar-refractivity contribution is 5.91. The van der Waals surface area contributed by atoms with E-state index in [1.165, 1.54) is 6.92 Å². The summed E-state index contributed by atoms with van der Waals surface area (Å²) in [6.45, 7) is 6.81. The van der Waals surface area contributed by atoms with Gasteiger partial charge in [0, 0.05) is 12.8 Å². The Hall–Kier alpha value is -2.10. The van der Waals surface area contributed by atoms with Crippen LogP contribution in [0.15, 0.2) is 0 Å². The van der Waals surface area contributed by atoms with E-state index in [-0.39, 0.29) is 18.2 Å². The molecule has 0 fully saturated rings. The van der Waals surface area contributed by atoms with Gasteiger partial charge < -0.3 is 16.4 Å². The maximum atomic E-state index is 12.2. The first-order valence-corrected chi connectivity index (χ1v) is 6.93. The van der Waals surface area contributed by atoms with E-state index in [0.29, 0.717) is 6.42 Å². The summed E-state index contributed by atoms with van der Waals surface area (Å²) in [5, 5.41) is 13.8. The average Bonchev–Trinajstić information content (AvgIpc) is 2.35. The maximum Gasteiger partial charge on any atom is 0.243 e. The number of primary amides is 1. The van der Waals surface area contributed by atoms with Gasteiger partial charge in [-0.15, -0.1) is 0 Å². The molecule has 21 heavy (non-hydrogen) atoms. The number of nitrogens with two attached hydrogens (primary N) is 1. The average molecular weight is 296 g/mol. The van der Waals surface area contributed by atoms with Crippen molar-refractivity contribution in [1.82, 2.24) is 10.6 Å². The molecule has 7 nitrogen and oxygen atoms in total. The summed E-state index contributed by atoms with van der Waals surface area (Å²) in [5.41, 5.74) is 5.24. The zero-order valence-corrected chi connectivity index (χ0v) is 13.0. The van der Waals surface area contributed by atoms with Crippen LogP contribution < -0.4 is 16.4 Å². The quantitative estimate of drug-likeness (QED) is 0.585. The molecule has 0 aromatic carbocycles. The lowest BCUT2D eigenvalue weighted by molar-refractivity contribution is -0.131. The summed E-state index contributed by atoms with van der Waals surface area (Å²) >= 11 is 0. The van der Waals surface area contributed by atoms with Gasteiger partial charge in [-0.05, 0) is 25.7 Å². The van der Waals surface area contributed by atoms with Crippen LogP contribution >= 0.6 is 0 Å². The van der Waals surface area contributed by atoms with Gasteiger partial charge in [-0.3, -0.25) is 14.4 Å². The van der Waals surface area contributed by atoms with Gasteiger partial charge in [0.2, 0.25) is 17.7 Å². The molecule has 0 aromatic rings. The summed E-state index contributed by atoms with van der Waals surface area (Å²) in [6, 6.07) is 0.347. The van der Waals surface area contributed by atoms with Crippen molar-refractivity contribution in [3.8, 4) is 6.07 Å². The second-order valence-corrected chi connectivity index (χ2v) is 5.61. The van der Waals surface area contributed by atoms with Crippen LogP contribution in [0.2, 0.25) is 0 Å². The van der Waals surface area contributed by atoms with Crippen LogP contribution in [0.5, 0.6) is 0 Å². The van der Waals surface area contributed by atoms with Gasteiger partial charge in [0.25, 0.3) is 0 Å². The molecule has 0 aliphatic heterocycles. The highest BCUT2D eigenvalue weighted by Crippen LogP contribution is 2.08. The number of nitrogens with zero attached hydrogens (tertiary/aromatic N) is 1. The minimum absolute atomic E-state index is 0.145. The number of amides is 3. The molecular formula is C14H24N4O3. The second-order valence-electron chi connectivity index (χ2n) is 5.61. The molecule has 0 aliphatic carbocycles. The van der Waals surface area contributed by atoms with Gasteiger partial charge in [-0.2, -0.15) is 5.26 Å². The summed E-state index contributed by atoms with van der Waals surface area (Å²) in [6.07, 6.45) is 0.594. The van der Waals surface area contributed by atoms with Crippen LogP contribution in [0.1, 0.15) is 40.5 Å². The molecule has 4 N–H and O–H groups in total. The Bertz CT molecular complexity index is 428. The van der Waals surface area contributed by atoms with Crippen molar-refractivity contribution >= 4 is 17.7 Å². The van der Waals surface area contributed by atoms with Crippen LogP contribution in [-0.4, -0.2) is 29.8 Å². The smallest absolute Gasteiger partial charge is 0.243 e. The lowest BCUT2D eigenvalue weighted by Crippen LogP contribution is -2.53. The van der Waals surface area contributed by atoms with Crippen molar-refractivity contribution in [3.05, 3.63) is 0 Å². The van der Waals surface area contributed by atoms with Gasteiger partial charge in [-0.25, -0.2) is 0 Å². The number of hydrogen-bond acceptors (Lipinski definition) is 4. The van der Waals surface area contributed by atoms with E-state index in [0.717, 1.165) is 0 Å². The molecule has 0 bridgehead atoms. The van der Waals surface area contributed by atoms with Crippen LogP contribution in [0, 0.1) is 23.2 Å². The Morgan fingerprint density at radius 3 is 2.05 bits per heavy atom. The number of carbonyl (C=O) groups is 3. The largest absolute Gasteiger partial charge is 0.368 e. The first-order valence-electron chi connectivity index (χ1n) is 6.93. The molecule has 7 heteroatoms. The summed E-state index contributed by atoms with van der Waals surface area (Å²) < 4.78 is 0. The van der Waals surface area contributed by atoms with Crippen molar-refractivity contribution < 1.29 is 14.4 Å². The molecule has 3 amide bonds. The Morgan fingerprint density at radius 1 is 1.10 bits per heavy atom. The van der Waals surface area contributed by atoms with Gasteiger partial charge >= 0.3 is 0 Å². The minimum atomic E-state index is -0.921. The maximum absolute atomic E-state index is 12.2. The highest BCUT2D eigenvalue weighted by atomic mass is 16.2. The molecule has 0 aromatic heterocycles. The van der Waals surface area contributed by atoms with Gasteiger partial charge in [0.1, 0.15) is 12.1 Å². The van der Waals surface area contributed by atoms with Gasteiger partial charge in [-0.1, -0.05) is 13.8 Å². The van der Waals surface area contributed by atoms with Crippen molar-refractivity contribution in [2.24, 2.45) is 17.6 Å². The van der Waals surface area contributed by atoms with E-state index in [1.807, 2.05) is 19.9 Å². The van der Waals surface area contributed by atoms with Gasteiger partial charge in [0.15, 0.2) is 0 Å². The fourth-order valence-corrected chi connectivity index (χ4v) is 1.87. The zero-order valence-electron chi connectivity index (χ0n) is 13.0. The molecule has 118 valence electrons. The number of rotatable bonds is 8. The Morgan fingerprint density at radius 2 is 1.67 bits per heavy atom. The highest BCUT2D eigenvalue weighted by Gasteiger charge is 2.26. The molecule has 0 aliphatic rings. The van der Waals surface area contributed by atoms with E-state index in [1.54, 1.807) is 6.92 Å². The zero-order chi connectivity index (χ0) is 16.6. The fourth-order valence-electron chi connectivity index (χ4n) is 1.87. The monoisotopic (exact) mass is 296 g/mol. The summed E-state index contributed by atoms with van der Waals surface area (Å²) in [4.78, 5) is 34.7. The number of nitrogens with one attached hydrogen (secondary N) is 2. The lowest BCUT2D eigenvalue weighted by Gasteiger charge is -2.23. The molecule has 0 rings (SSSR count). The molecule has 0 unspecified atom stereocenters. The summed E-state index contributed by atoms with van der Waals surface area (Å²) in [7, 11) is 0. The first-order chi connectivity index (χ1) is 9.67. The third-order valence-corrected chi connectivity index (χ3v) is 2.87. The Kier molecular flexibility index (Phi) is 8.06. The van der Waals surface area contributed by atoms with Crippen molar-refractivity contribution in [2.75, 3.05) is 0 Å². The normalized spacial score (nSPS) is 14.7. The second kappa shape index (κ2) is 8.95. The van der Waals surface area contributed by atoms with Crippen LogP contribution in [0.4, 0.5) is 0 Å². The van der Waals surface area contributed by atoms with E-state index in [9.17, 15) is 14.4 Å². The molecule has 3 atom stereocenters. The van der Waals surface area contributed by atoms with Crippen LogP contribution in [0.3, 0.4) is 0 Å². The van der Waals surface area contributed by atoms with E-state index in [2.05, 4.69) is 10.6 Å². The fraction of sp³-hybridized carbons (Fsp3) is 0.714. The molecule has 0 spiro atoms. The van der Waals surface area contributed by atoms with E-state index < -0.39 is 29.8 Å². The molecule has 0 radical (unpaired) electrons. The van der Waals surface area contributed by atoms with Crippen molar-refractivity contribution in [1.29, 1.82) is 5.26 Å². The summed E-state index contributed by atoms with van der Waals surface area (Å²) in [5.74, 6) is -1.70. The van der Waals surface area contributed by atoms with E-state index >= 15 is 0 Å².